The predicted octanol–water partition coefficient (Wildman–Crippen LogP) is 0.671. The third kappa shape index (κ3) is 1.75. The average molecular weight is 252 g/mol. The van der Waals surface area contributed by atoms with Gasteiger partial charge in [0, 0.05) is 12.1 Å². The number of fused-ring (bicyclic) bond motifs is 1. The molecule has 0 aromatic carbocycles. The fourth-order valence-corrected chi connectivity index (χ4v) is 2.37. The van der Waals surface area contributed by atoms with Gasteiger partial charge in [-0.1, -0.05) is 0 Å². The second-order valence-corrected chi connectivity index (χ2v) is 4.58. The van der Waals surface area contributed by atoms with Crippen LogP contribution in [0.4, 0.5) is 15.0 Å². The first-order valence-electron chi connectivity index (χ1n) is 5.85. The summed E-state index contributed by atoms with van der Waals surface area (Å²) in [7, 11) is 0. The van der Waals surface area contributed by atoms with Gasteiger partial charge >= 0.3 is 6.09 Å². The van der Waals surface area contributed by atoms with Crippen molar-refractivity contribution in [3.63, 3.8) is 0 Å². The minimum Gasteiger partial charge on any atom is -0.465 e. The summed E-state index contributed by atoms with van der Waals surface area (Å²) in [6.07, 6.45) is 0.291. The molecule has 0 aliphatic carbocycles. The summed E-state index contributed by atoms with van der Waals surface area (Å²) in [5.41, 5.74) is 1.69. The molecule has 0 radical (unpaired) electrons. The lowest BCUT2D eigenvalue weighted by atomic mass is 10.0. The van der Waals surface area contributed by atoms with Crippen LogP contribution in [0.5, 0.6) is 0 Å². The number of carbonyl (C=O) groups is 1. The second kappa shape index (κ2) is 4.08. The Morgan fingerprint density at radius 1 is 1.44 bits per heavy atom. The van der Waals surface area contributed by atoms with Crippen molar-refractivity contribution in [2.45, 2.75) is 19.1 Å². The lowest BCUT2D eigenvalue weighted by molar-refractivity contribution is 0.139. The molecule has 0 unspecified atom stereocenters. The number of aromatic nitrogens is 2. The van der Waals surface area contributed by atoms with Crippen LogP contribution < -0.4 is 4.90 Å². The number of alkyl halides is 1. The Labute approximate surface area is 103 Å². The molecule has 1 aromatic heterocycles. The largest absolute Gasteiger partial charge is 0.465 e. The van der Waals surface area contributed by atoms with Gasteiger partial charge in [0.15, 0.2) is 0 Å². The Bertz CT molecular complexity index is 490. The lowest BCUT2D eigenvalue weighted by Gasteiger charge is -2.38. The highest BCUT2D eigenvalue weighted by atomic mass is 19.1. The number of nitrogens with zero attached hydrogens (tertiary/aromatic N) is 4. The maximum Gasteiger partial charge on any atom is 0.407 e. The molecular formula is C11H13FN4O2. The van der Waals surface area contributed by atoms with E-state index < -0.39 is 12.3 Å². The first-order chi connectivity index (χ1) is 8.65. The molecule has 96 valence electrons. The zero-order valence-electron chi connectivity index (χ0n) is 9.71. The average Bonchev–Trinajstić information content (AvgIpc) is 2.33. The van der Waals surface area contributed by atoms with E-state index in [9.17, 15) is 9.18 Å². The molecule has 1 amide bonds. The Morgan fingerprint density at radius 2 is 2.22 bits per heavy atom. The van der Waals surface area contributed by atoms with E-state index >= 15 is 0 Å². The summed E-state index contributed by atoms with van der Waals surface area (Å²) in [6, 6.07) is 0. The van der Waals surface area contributed by atoms with Gasteiger partial charge in [0.1, 0.15) is 18.3 Å². The zero-order valence-corrected chi connectivity index (χ0v) is 9.71. The van der Waals surface area contributed by atoms with Crippen molar-refractivity contribution in [2.75, 3.05) is 24.5 Å². The fraction of sp³-hybridized carbons (Fsp3) is 0.545. The van der Waals surface area contributed by atoms with E-state index in [-0.39, 0.29) is 6.54 Å². The highest BCUT2D eigenvalue weighted by Crippen LogP contribution is 2.28. The van der Waals surface area contributed by atoms with Gasteiger partial charge in [-0.3, -0.25) is 0 Å². The van der Waals surface area contributed by atoms with Gasteiger partial charge in [0.05, 0.1) is 25.3 Å². The van der Waals surface area contributed by atoms with Gasteiger partial charge in [-0.15, -0.1) is 0 Å². The number of anilines is 1. The van der Waals surface area contributed by atoms with E-state index in [4.69, 9.17) is 5.11 Å². The SMILES string of the molecule is O=C(O)N1CCc2c(ncnc2N2CC(F)C2)C1. The third-order valence-electron chi connectivity index (χ3n) is 3.39. The molecule has 6 nitrogen and oxygen atoms in total. The quantitative estimate of drug-likeness (QED) is 0.795. The van der Waals surface area contributed by atoms with E-state index in [0.717, 1.165) is 17.1 Å². The number of carboxylic acid groups (broad SMARTS) is 1. The van der Waals surface area contributed by atoms with Gasteiger partial charge < -0.3 is 14.9 Å². The number of amides is 1. The Morgan fingerprint density at radius 3 is 2.89 bits per heavy atom. The minimum absolute atomic E-state index is 0.285. The molecule has 1 aromatic rings. The second-order valence-electron chi connectivity index (χ2n) is 4.58. The number of halogens is 1. The Hall–Kier alpha value is -1.92. The van der Waals surface area contributed by atoms with Gasteiger partial charge in [-0.2, -0.15) is 0 Å². The molecule has 0 bridgehead atoms. The van der Waals surface area contributed by atoms with Gasteiger partial charge in [-0.05, 0) is 6.42 Å². The molecule has 3 rings (SSSR count). The normalized spacial score (nSPS) is 19.4. The molecule has 3 heterocycles. The van der Waals surface area contributed by atoms with Crippen LogP contribution >= 0.6 is 0 Å². The van der Waals surface area contributed by atoms with Crippen molar-refractivity contribution in [1.29, 1.82) is 0 Å². The summed E-state index contributed by atoms with van der Waals surface area (Å²) in [4.78, 5) is 22.5. The maximum absolute atomic E-state index is 12.9. The molecular weight excluding hydrogens is 239 g/mol. The molecule has 2 aliphatic heterocycles. The maximum atomic E-state index is 12.9. The van der Waals surface area contributed by atoms with Crippen molar-refractivity contribution in [1.82, 2.24) is 14.9 Å². The first kappa shape index (κ1) is 11.2. The summed E-state index contributed by atoms with van der Waals surface area (Å²) in [6.45, 7) is 1.46. The zero-order chi connectivity index (χ0) is 12.7. The summed E-state index contributed by atoms with van der Waals surface area (Å²) in [5.74, 6) is 0.763. The Kier molecular flexibility index (Phi) is 2.53. The summed E-state index contributed by atoms with van der Waals surface area (Å²) >= 11 is 0. The van der Waals surface area contributed by atoms with Crippen molar-refractivity contribution in [3.8, 4) is 0 Å². The van der Waals surface area contributed by atoms with Crippen LogP contribution in [-0.2, 0) is 13.0 Å². The molecule has 18 heavy (non-hydrogen) atoms. The Balaban J connectivity index is 1.87. The van der Waals surface area contributed by atoms with Gasteiger partial charge in [0.2, 0.25) is 0 Å². The summed E-state index contributed by atoms with van der Waals surface area (Å²) in [5, 5.41) is 8.96. The van der Waals surface area contributed by atoms with Crippen molar-refractivity contribution >= 4 is 11.9 Å². The van der Waals surface area contributed by atoms with Crippen LogP contribution in [0.25, 0.3) is 0 Å². The van der Waals surface area contributed by atoms with Gasteiger partial charge in [0.25, 0.3) is 0 Å². The van der Waals surface area contributed by atoms with Crippen LogP contribution in [0.3, 0.4) is 0 Å². The number of hydrogen-bond donors (Lipinski definition) is 1. The van der Waals surface area contributed by atoms with E-state index in [2.05, 4.69) is 9.97 Å². The molecule has 1 fully saturated rings. The number of hydrogen-bond acceptors (Lipinski definition) is 4. The molecule has 7 heteroatoms. The van der Waals surface area contributed by atoms with Crippen molar-refractivity contribution in [2.24, 2.45) is 0 Å². The van der Waals surface area contributed by atoms with Crippen molar-refractivity contribution < 1.29 is 14.3 Å². The molecule has 1 N–H and O–H groups in total. The van der Waals surface area contributed by atoms with E-state index in [1.807, 2.05) is 4.90 Å². The van der Waals surface area contributed by atoms with Crippen LogP contribution in [0.15, 0.2) is 6.33 Å². The van der Waals surface area contributed by atoms with Crippen LogP contribution in [-0.4, -0.2) is 51.9 Å². The van der Waals surface area contributed by atoms with E-state index in [1.54, 1.807) is 0 Å². The van der Waals surface area contributed by atoms with Crippen molar-refractivity contribution in [3.05, 3.63) is 17.6 Å². The monoisotopic (exact) mass is 252 g/mol. The lowest BCUT2D eigenvalue weighted by Crippen LogP contribution is -2.50. The van der Waals surface area contributed by atoms with Crippen LogP contribution in [0.2, 0.25) is 0 Å². The standard InChI is InChI=1S/C11H13FN4O2/c12-7-3-16(4-7)10-8-1-2-15(11(17)18)5-9(8)13-6-14-10/h6-7H,1-5H2,(H,17,18). The first-order valence-corrected chi connectivity index (χ1v) is 5.85. The molecule has 0 atom stereocenters. The topological polar surface area (TPSA) is 69.6 Å². The molecule has 0 saturated carbocycles. The smallest absolute Gasteiger partial charge is 0.407 e. The van der Waals surface area contributed by atoms with Crippen LogP contribution in [0, 0.1) is 0 Å². The van der Waals surface area contributed by atoms with E-state index in [1.165, 1.54) is 11.2 Å². The highest BCUT2D eigenvalue weighted by molar-refractivity contribution is 5.66. The highest BCUT2D eigenvalue weighted by Gasteiger charge is 2.32. The fourth-order valence-electron chi connectivity index (χ4n) is 2.37. The molecule has 1 saturated heterocycles. The third-order valence-corrected chi connectivity index (χ3v) is 3.39. The summed E-state index contributed by atoms with van der Waals surface area (Å²) < 4.78 is 12.9. The minimum atomic E-state index is -0.936. The van der Waals surface area contributed by atoms with Gasteiger partial charge in [-0.25, -0.2) is 19.2 Å². The predicted molar refractivity (Wildman–Crippen MR) is 61.3 cm³/mol. The van der Waals surface area contributed by atoms with E-state index in [0.29, 0.717) is 26.1 Å². The van der Waals surface area contributed by atoms with Crippen LogP contribution in [0.1, 0.15) is 11.3 Å². The molecule has 0 spiro atoms. The number of rotatable bonds is 1. The molecule has 2 aliphatic rings.